The summed E-state index contributed by atoms with van der Waals surface area (Å²) in [7, 11) is 0. The smallest absolute Gasteiger partial charge is 0.194 e. The van der Waals surface area contributed by atoms with Gasteiger partial charge in [0.25, 0.3) is 0 Å². The van der Waals surface area contributed by atoms with Gasteiger partial charge < -0.3 is 10.3 Å². The fraction of sp³-hybridized carbons (Fsp3) is 0.0893. The molecule has 336 valence electrons. The minimum atomic E-state index is -1.58. The number of rotatable bonds is 12. The highest BCUT2D eigenvalue weighted by Gasteiger charge is 2.17. The van der Waals surface area contributed by atoms with Gasteiger partial charge in [-0.2, -0.15) is 0 Å². The molecule has 66 heavy (non-hydrogen) atoms. The van der Waals surface area contributed by atoms with Gasteiger partial charge in [-0.3, -0.25) is 0 Å². The van der Waals surface area contributed by atoms with Crippen LogP contribution in [0.2, 0.25) is 0 Å². The molecule has 0 heterocycles. The summed E-state index contributed by atoms with van der Waals surface area (Å²) in [5, 5.41) is 0. The van der Waals surface area contributed by atoms with Crippen LogP contribution in [0.25, 0.3) is 66.8 Å². The van der Waals surface area contributed by atoms with Crippen molar-refractivity contribution in [2.24, 2.45) is 0 Å². The minimum Gasteiger partial charge on any atom is -0.412 e. The van der Waals surface area contributed by atoms with Crippen molar-refractivity contribution in [1.29, 1.82) is 0 Å². The van der Waals surface area contributed by atoms with Crippen molar-refractivity contribution in [3.05, 3.63) is 228 Å². The van der Waals surface area contributed by atoms with Gasteiger partial charge in [0.1, 0.15) is 17.9 Å². The molecule has 0 radical (unpaired) electrons. The number of hydrogen-bond acceptors (Lipinski definition) is 1. The summed E-state index contributed by atoms with van der Waals surface area (Å²) < 4.78 is 110. The van der Waals surface area contributed by atoms with E-state index in [-0.39, 0.29) is 35.2 Å². The predicted octanol–water partition coefficient (Wildman–Crippen LogP) is 15.5. The molecule has 0 atom stereocenters. The zero-order valence-electron chi connectivity index (χ0n) is 34.6. The highest BCUT2D eigenvalue weighted by atomic mass is 19.2. The molecule has 8 aromatic rings. The highest BCUT2D eigenvalue weighted by Crippen LogP contribution is 2.33. The Balaban J connectivity index is 0.000000240. The average Bonchev–Trinajstić information content (AvgIpc) is 3.31. The lowest BCUT2D eigenvalue weighted by Crippen LogP contribution is -1.94. The minimum absolute atomic E-state index is 0. The van der Waals surface area contributed by atoms with Crippen LogP contribution in [0.1, 0.15) is 31.4 Å². The van der Waals surface area contributed by atoms with Crippen LogP contribution in [0.3, 0.4) is 0 Å². The molecule has 0 aliphatic heterocycles. The summed E-state index contributed by atoms with van der Waals surface area (Å²) >= 11 is 0. The Morgan fingerprint density at radius 2 is 0.606 bits per heavy atom. The zero-order valence-corrected chi connectivity index (χ0v) is 34.6. The third-order valence-electron chi connectivity index (χ3n) is 10.7. The lowest BCUT2D eigenvalue weighted by atomic mass is 9.97. The lowest BCUT2D eigenvalue weighted by Gasteiger charge is -2.09. The quantitative estimate of drug-likeness (QED) is 0.0521. The van der Waals surface area contributed by atoms with E-state index in [4.69, 9.17) is 0 Å². The first-order chi connectivity index (χ1) is 30.9. The first-order valence-corrected chi connectivity index (χ1v) is 20.3. The maximum absolute atomic E-state index is 14.7. The number of benzene rings is 8. The van der Waals surface area contributed by atoms with E-state index in [1.165, 1.54) is 29.8 Å². The predicted molar refractivity (Wildman–Crippen MR) is 248 cm³/mol. The summed E-state index contributed by atoms with van der Waals surface area (Å²) in [6.07, 6.45) is 5.91. The van der Waals surface area contributed by atoms with E-state index < -0.39 is 46.5 Å². The van der Waals surface area contributed by atoms with Crippen LogP contribution in [0.4, 0.5) is 35.1 Å². The van der Waals surface area contributed by atoms with Crippen molar-refractivity contribution in [1.82, 2.24) is 0 Å². The Morgan fingerprint density at radius 3 is 0.894 bits per heavy atom. The van der Waals surface area contributed by atoms with Crippen molar-refractivity contribution < 1.29 is 45.4 Å². The van der Waals surface area contributed by atoms with E-state index in [1.54, 1.807) is 12.1 Å². The number of aldehydes is 1. The number of carbonyl (C=O) groups excluding carboxylic acids is 1. The Labute approximate surface area is 378 Å². The molecule has 0 aliphatic carbocycles. The Morgan fingerprint density at radius 1 is 0.348 bits per heavy atom. The van der Waals surface area contributed by atoms with Crippen LogP contribution in [0.5, 0.6) is 0 Å². The molecule has 2 N–H and O–H groups in total. The summed E-state index contributed by atoms with van der Waals surface area (Å²) in [4.78, 5) is 10.5. The van der Waals surface area contributed by atoms with Gasteiger partial charge in [0, 0.05) is 17.5 Å². The van der Waals surface area contributed by atoms with Gasteiger partial charge in [0.2, 0.25) is 0 Å². The number of hydrogen-bond donors (Lipinski definition) is 0. The fourth-order valence-corrected chi connectivity index (χ4v) is 7.21. The normalized spacial score (nSPS) is 10.5. The Bertz CT molecular complexity index is 2680. The molecule has 0 unspecified atom stereocenters. The molecule has 0 fully saturated rings. The third kappa shape index (κ3) is 11.6. The zero-order chi connectivity index (χ0) is 45.3. The fourth-order valence-electron chi connectivity index (χ4n) is 7.21. The van der Waals surface area contributed by atoms with E-state index >= 15 is 0 Å². The van der Waals surface area contributed by atoms with Gasteiger partial charge in [-0.25, -0.2) is 35.1 Å². The van der Waals surface area contributed by atoms with Crippen molar-refractivity contribution in [3.63, 3.8) is 0 Å². The SMILES string of the molecule is C.C=CCCc1ccc(-c2ccc(-c3ccc(-c4cc(F)c(F)c(F)c4)c(F)c3)cc2)cc1.O.O=CCCc1ccc(-c2ccc(-c3ccc(-c4cc(F)c(F)c(F)c4)c(F)c3)cc2)cc1. The molecule has 2 nitrogen and oxygen atoms in total. The summed E-state index contributed by atoms with van der Waals surface area (Å²) in [6.45, 7) is 3.74. The third-order valence-corrected chi connectivity index (χ3v) is 10.7. The Kier molecular flexibility index (Phi) is 16.9. The van der Waals surface area contributed by atoms with Crippen molar-refractivity contribution in [2.45, 2.75) is 33.1 Å². The number of aryl methyl sites for hydroxylation is 2. The van der Waals surface area contributed by atoms with Crippen LogP contribution in [0.15, 0.2) is 170 Å². The first kappa shape index (κ1) is 49.6. The molecule has 8 aromatic carbocycles. The van der Waals surface area contributed by atoms with Crippen LogP contribution >= 0.6 is 0 Å². The van der Waals surface area contributed by atoms with Gasteiger partial charge in [0.05, 0.1) is 0 Å². The second-order valence-electron chi connectivity index (χ2n) is 15.0. The molecular weight excluding hydrogens is 857 g/mol. The monoisotopic (exact) mass is 900 g/mol. The van der Waals surface area contributed by atoms with Gasteiger partial charge in [-0.05, 0) is 122 Å². The molecule has 0 spiro atoms. The lowest BCUT2D eigenvalue weighted by molar-refractivity contribution is -0.107. The van der Waals surface area contributed by atoms with Crippen LogP contribution < -0.4 is 0 Å². The van der Waals surface area contributed by atoms with E-state index in [9.17, 15) is 39.9 Å². The maximum atomic E-state index is 14.7. The topological polar surface area (TPSA) is 48.6 Å². The van der Waals surface area contributed by atoms with Crippen LogP contribution in [-0.4, -0.2) is 11.8 Å². The van der Waals surface area contributed by atoms with Crippen molar-refractivity contribution >= 4 is 6.29 Å². The number of allylic oxidation sites excluding steroid dienone is 1. The van der Waals surface area contributed by atoms with Gasteiger partial charge >= 0.3 is 0 Å². The van der Waals surface area contributed by atoms with Crippen LogP contribution in [0, 0.1) is 46.5 Å². The molecule has 0 saturated carbocycles. The molecule has 0 saturated heterocycles. The molecule has 0 bridgehead atoms. The largest absolute Gasteiger partial charge is 0.412 e. The van der Waals surface area contributed by atoms with Crippen molar-refractivity contribution in [3.8, 4) is 66.8 Å². The summed E-state index contributed by atoms with van der Waals surface area (Å²) in [5.41, 5.74) is 9.14. The molecule has 0 amide bonds. The number of carbonyl (C=O) groups is 1. The second kappa shape index (κ2) is 22.5. The molecule has 8 rings (SSSR count). The molecular formula is C56H44F8O2. The average molecular weight is 901 g/mol. The van der Waals surface area contributed by atoms with E-state index in [1.807, 2.05) is 78.9 Å². The van der Waals surface area contributed by atoms with Gasteiger partial charge in [0.15, 0.2) is 34.9 Å². The van der Waals surface area contributed by atoms with Crippen molar-refractivity contribution in [2.75, 3.05) is 0 Å². The summed E-state index contributed by atoms with van der Waals surface area (Å²) in [6, 6.07) is 43.5. The molecule has 10 heteroatoms. The number of halogens is 8. The van der Waals surface area contributed by atoms with Crippen LogP contribution in [-0.2, 0) is 17.6 Å². The Hall–Kier alpha value is -7.43. The van der Waals surface area contributed by atoms with Gasteiger partial charge in [-0.1, -0.05) is 135 Å². The van der Waals surface area contributed by atoms with E-state index in [2.05, 4.69) is 30.8 Å². The maximum Gasteiger partial charge on any atom is 0.194 e. The summed E-state index contributed by atoms with van der Waals surface area (Å²) in [5.74, 6) is -9.90. The van der Waals surface area contributed by atoms with E-state index in [0.717, 1.165) is 82.3 Å². The van der Waals surface area contributed by atoms with Gasteiger partial charge in [-0.15, -0.1) is 6.58 Å². The first-order valence-electron chi connectivity index (χ1n) is 20.3. The second-order valence-corrected chi connectivity index (χ2v) is 15.0. The standard InChI is InChI=1S/C28H20F4.C27H18F4O.CH4.H2O/c1-2-3-4-18-5-7-19(8-6-18)20-9-11-21(12-10-20)22-13-14-24(25(29)15-22)23-16-26(30)28(32)27(31)17-23;28-24-14-21(11-12-23(24)22-15-25(29)27(31)26(30)16-22)20-9-7-19(8-10-20)18-5-3-17(4-6-18)2-1-13-32;;/h2,5-17H,1,3-4H2;3-16H,1-2H2;1H4;1H2. The van der Waals surface area contributed by atoms with E-state index in [0.29, 0.717) is 24.0 Å². The molecule has 0 aromatic heterocycles. The molecule has 0 aliphatic rings. The highest BCUT2D eigenvalue weighted by molar-refractivity contribution is 5.75.